The molecule has 0 saturated carbocycles. The van der Waals surface area contributed by atoms with E-state index in [4.69, 9.17) is 0 Å². The third kappa shape index (κ3) is 1.41. The molecular formula is C18H9N3O. The van der Waals surface area contributed by atoms with Crippen molar-refractivity contribution in [2.75, 3.05) is 0 Å². The molecule has 0 radical (unpaired) electrons. The molecule has 4 heteroatoms. The minimum Gasteiger partial charge on any atom is -0.287 e. The topological polar surface area (TPSA) is 55.7 Å². The Morgan fingerprint density at radius 1 is 0.636 bits per heavy atom. The molecule has 0 N–H and O–H groups in total. The van der Waals surface area contributed by atoms with Gasteiger partial charge in [-0.15, -0.1) is 0 Å². The van der Waals surface area contributed by atoms with Gasteiger partial charge in [-0.3, -0.25) is 4.79 Å². The first kappa shape index (κ1) is 11.5. The molecule has 2 aromatic heterocycles. The van der Waals surface area contributed by atoms with E-state index in [1.54, 1.807) is 0 Å². The van der Waals surface area contributed by atoms with E-state index in [9.17, 15) is 4.79 Å². The Kier molecular flexibility index (Phi) is 2.07. The summed E-state index contributed by atoms with van der Waals surface area (Å²) >= 11 is 0. The Balaban J connectivity index is 1.90. The molecule has 102 valence electrons. The summed E-state index contributed by atoms with van der Waals surface area (Å²) in [5.74, 6) is -0.0958. The smallest absolute Gasteiger partial charge is 0.215 e. The largest absolute Gasteiger partial charge is 0.287 e. The Hall–Kier alpha value is -3.14. The van der Waals surface area contributed by atoms with Crippen LogP contribution in [-0.4, -0.2) is 20.7 Å². The van der Waals surface area contributed by atoms with Gasteiger partial charge in [-0.2, -0.15) is 0 Å². The van der Waals surface area contributed by atoms with Crippen LogP contribution in [0.25, 0.3) is 33.3 Å². The van der Waals surface area contributed by atoms with Crippen LogP contribution in [-0.2, 0) is 0 Å². The van der Waals surface area contributed by atoms with E-state index in [1.165, 1.54) is 0 Å². The van der Waals surface area contributed by atoms with Crippen molar-refractivity contribution in [3.63, 3.8) is 0 Å². The van der Waals surface area contributed by atoms with Gasteiger partial charge >= 0.3 is 0 Å². The molecule has 0 unspecified atom stereocenters. The van der Waals surface area contributed by atoms with E-state index in [-0.39, 0.29) is 5.78 Å². The number of rotatable bonds is 0. The number of ketones is 1. The van der Waals surface area contributed by atoms with Crippen LogP contribution in [0.1, 0.15) is 16.1 Å². The van der Waals surface area contributed by atoms with Gasteiger partial charge in [0, 0.05) is 5.39 Å². The molecule has 4 aromatic rings. The van der Waals surface area contributed by atoms with Crippen molar-refractivity contribution in [2.24, 2.45) is 0 Å². The summed E-state index contributed by atoms with van der Waals surface area (Å²) in [4.78, 5) is 26.4. The number of carbonyl (C=O) groups is 1. The second-order valence-electron chi connectivity index (χ2n) is 5.32. The van der Waals surface area contributed by atoms with Crippen molar-refractivity contribution in [3.05, 3.63) is 65.9 Å². The van der Waals surface area contributed by atoms with Crippen molar-refractivity contribution < 1.29 is 4.79 Å². The van der Waals surface area contributed by atoms with Gasteiger partial charge in [0.25, 0.3) is 0 Å². The second-order valence-corrected chi connectivity index (χ2v) is 5.32. The number of fused-ring (bicyclic) bond motifs is 5. The molecule has 2 aromatic carbocycles. The van der Waals surface area contributed by atoms with E-state index in [2.05, 4.69) is 15.0 Å². The summed E-state index contributed by atoms with van der Waals surface area (Å²) in [6.45, 7) is 0. The first-order chi connectivity index (χ1) is 10.8. The van der Waals surface area contributed by atoms with Gasteiger partial charge in [-0.25, -0.2) is 15.0 Å². The SMILES string of the molecule is O=C1c2cc3ccccc3nc2-c2nc3ccccc3nc21. The molecular weight excluding hydrogens is 274 g/mol. The molecule has 0 saturated heterocycles. The molecule has 2 heterocycles. The maximum Gasteiger partial charge on any atom is 0.215 e. The lowest BCUT2D eigenvalue weighted by Gasteiger charge is -2.02. The number of nitrogens with zero attached hydrogens (tertiary/aromatic N) is 3. The van der Waals surface area contributed by atoms with E-state index in [1.807, 2.05) is 54.6 Å². The van der Waals surface area contributed by atoms with Crippen LogP contribution in [0.15, 0.2) is 54.6 Å². The highest BCUT2D eigenvalue weighted by Gasteiger charge is 2.31. The van der Waals surface area contributed by atoms with Gasteiger partial charge < -0.3 is 0 Å². The number of pyridine rings is 1. The van der Waals surface area contributed by atoms with Gasteiger partial charge in [0.05, 0.1) is 22.1 Å². The monoisotopic (exact) mass is 283 g/mol. The summed E-state index contributed by atoms with van der Waals surface area (Å²) in [5, 5.41) is 0.951. The molecule has 0 bridgehead atoms. The minimum atomic E-state index is -0.0958. The van der Waals surface area contributed by atoms with Crippen LogP contribution < -0.4 is 0 Å². The lowest BCUT2D eigenvalue weighted by Crippen LogP contribution is -1.99. The normalized spacial score (nSPS) is 12.6. The summed E-state index contributed by atoms with van der Waals surface area (Å²) in [6.07, 6.45) is 0. The predicted octanol–water partition coefficient (Wildman–Crippen LogP) is 3.39. The van der Waals surface area contributed by atoms with E-state index in [0.29, 0.717) is 22.6 Å². The average Bonchev–Trinajstić information content (AvgIpc) is 2.83. The van der Waals surface area contributed by atoms with E-state index in [0.717, 1.165) is 21.9 Å². The van der Waals surface area contributed by atoms with Gasteiger partial charge in [0.1, 0.15) is 17.1 Å². The fourth-order valence-electron chi connectivity index (χ4n) is 2.92. The van der Waals surface area contributed by atoms with Gasteiger partial charge in [0.15, 0.2) is 0 Å². The fraction of sp³-hybridized carbons (Fsp3) is 0. The highest BCUT2D eigenvalue weighted by Crippen LogP contribution is 2.35. The quantitative estimate of drug-likeness (QED) is 0.437. The number of aromatic nitrogens is 3. The maximum atomic E-state index is 12.6. The highest BCUT2D eigenvalue weighted by atomic mass is 16.1. The van der Waals surface area contributed by atoms with Gasteiger partial charge in [-0.1, -0.05) is 30.3 Å². The van der Waals surface area contributed by atoms with Crippen LogP contribution in [0.3, 0.4) is 0 Å². The molecule has 0 fully saturated rings. The minimum absolute atomic E-state index is 0.0958. The summed E-state index contributed by atoms with van der Waals surface area (Å²) in [5.41, 5.74) is 4.57. The zero-order valence-electron chi connectivity index (χ0n) is 11.4. The number of hydrogen-bond acceptors (Lipinski definition) is 4. The third-order valence-corrected chi connectivity index (χ3v) is 3.98. The van der Waals surface area contributed by atoms with Crippen LogP contribution in [0.4, 0.5) is 0 Å². The number of carbonyl (C=O) groups excluding carboxylic acids is 1. The first-order valence-electron chi connectivity index (χ1n) is 7.03. The maximum absolute atomic E-state index is 12.6. The molecule has 0 aliphatic heterocycles. The molecule has 1 aliphatic rings. The molecule has 0 amide bonds. The standard InChI is InChI=1S/C18H9N3O/c22-18-11-9-10-5-1-2-6-12(10)19-15(11)16-17(18)21-14-8-4-3-7-13(14)20-16/h1-9H. The van der Waals surface area contributed by atoms with Crippen LogP contribution >= 0.6 is 0 Å². The Labute approximate surface area is 125 Å². The molecule has 0 atom stereocenters. The molecule has 22 heavy (non-hydrogen) atoms. The number of hydrogen-bond donors (Lipinski definition) is 0. The highest BCUT2D eigenvalue weighted by molar-refractivity contribution is 6.21. The van der Waals surface area contributed by atoms with Crippen molar-refractivity contribution in [2.45, 2.75) is 0 Å². The van der Waals surface area contributed by atoms with Crippen LogP contribution in [0.5, 0.6) is 0 Å². The van der Waals surface area contributed by atoms with Gasteiger partial charge in [0.2, 0.25) is 5.78 Å². The van der Waals surface area contributed by atoms with E-state index >= 15 is 0 Å². The Morgan fingerprint density at radius 3 is 2.00 bits per heavy atom. The predicted molar refractivity (Wildman–Crippen MR) is 83.7 cm³/mol. The zero-order chi connectivity index (χ0) is 14.7. The van der Waals surface area contributed by atoms with Crippen molar-refractivity contribution in [1.82, 2.24) is 15.0 Å². The fourth-order valence-corrected chi connectivity index (χ4v) is 2.92. The lowest BCUT2D eigenvalue weighted by atomic mass is 10.1. The average molecular weight is 283 g/mol. The first-order valence-corrected chi connectivity index (χ1v) is 7.03. The molecule has 5 rings (SSSR count). The van der Waals surface area contributed by atoms with Gasteiger partial charge in [-0.05, 0) is 24.3 Å². The third-order valence-electron chi connectivity index (χ3n) is 3.98. The summed E-state index contributed by atoms with van der Waals surface area (Å²) < 4.78 is 0. The van der Waals surface area contributed by atoms with E-state index < -0.39 is 0 Å². The van der Waals surface area contributed by atoms with Crippen LogP contribution in [0.2, 0.25) is 0 Å². The van der Waals surface area contributed by atoms with Crippen molar-refractivity contribution in [3.8, 4) is 11.4 Å². The zero-order valence-corrected chi connectivity index (χ0v) is 11.4. The van der Waals surface area contributed by atoms with Crippen molar-refractivity contribution >= 4 is 27.7 Å². The molecule has 4 nitrogen and oxygen atoms in total. The summed E-state index contributed by atoms with van der Waals surface area (Å²) in [7, 11) is 0. The molecule has 1 aliphatic carbocycles. The number of para-hydroxylation sites is 3. The van der Waals surface area contributed by atoms with Crippen molar-refractivity contribution in [1.29, 1.82) is 0 Å². The Bertz CT molecular complexity index is 1010. The summed E-state index contributed by atoms with van der Waals surface area (Å²) in [6, 6.07) is 17.2. The Morgan fingerprint density at radius 2 is 1.23 bits per heavy atom. The lowest BCUT2D eigenvalue weighted by molar-refractivity contribution is 0.103. The van der Waals surface area contributed by atoms with Crippen LogP contribution in [0, 0.1) is 0 Å². The molecule has 0 spiro atoms. The second kappa shape index (κ2) is 3.95. The number of benzene rings is 2.